The Bertz CT molecular complexity index is 804. The summed E-state index contributed by atoms with van der Waals surface area (Å²) < 4.78 is 34.6. The summed E-state index contributed by atoms with van der Waals surface area (Å²) in [6.45, 7) is 6.31. The van der Waals surface area contributed by atoms with E-state index in [1.807, 2.05) is 4.90 Å². The van der Waals surface area contributed by atoms with Crippen LogP contribution in [0.5, 0.6) is 0 Å². The van der Waals surface area contributed by atoms with E-state index in [1.54, 1.807) is 26.0 Å². The summed E-state index contributed by atoms with van der Waals surface area (Å²) in [5.41, 5.74) is -0.915. The number of carbonyl (C=O) groups excluding carboxylic acids is 1. The van der Waals surface area contributed by atoms with Gasteiger partial charge in [0, 0.05) is 25.2 Å². The predicted molar refractivity (Wildman–Crippen MR) is 128 cm³/mol. The molecule has 0 atom stereocenters. The molecule has 1 N–H and O–H groups in total. The molecule has 0 bridgehead atoms. The Balaban J connectivity index is 1.87. The fraction of sp³-hybridized carbons (Fsp3) is 0.704. The second kappa shape index (κ2) is 13.8. The Hall–Kier alpha value is -2.02. The van der Waals surface area contributed by atoms with E-state index >= 15 is 0 Å². The van der Waals surface area contributed by atoms with Crippen LogP contribution in [0, 0.1) is 17.0 Å². The molecule has 1 aliphatic heterocycles. The highest BCUT2D eigenvalue weighted by Crippen LogP contribution is 2.35. The summed E-state index contributed by atoms with van der Waals surface area (Å²) in [5, 5.41) is 9.68. The monoisotopic (exact) mass is 481 g/mol. The lowest BCUT2D eigenvalue weighted by Crippen LogP contribution is -2.50. The van der Waals surface area contributed by atoms with Gasteiger partial charge >= 0.3 is 11.9 Å². The zero-order chi connectivity index (χ0) is 25.1. The van der Waals surface area contributed by atoms with Crippen molar-refractivity contribution in [3.05, 3.63) is 34.9 Å². The summed E-state index contributed by atoms with van der Waals surface area (Å²) in [6, 6.07) is 3.30. The van der Waals surface area contributed by atoms with Crippen molar-refractivity contribution >= 4 is 11.9 Å². The second-order valence-electron chi connectivity index (χ2n) is 9.85. The number of hydrogen-bond acceptors (Lipinski definition) is 4. The first-order valence-electron chi connectivity index (χ1n) is 12.8. The summed E-state index contributed by atoms with van der Waals surface area (Å²) in [4.78, 5) is 26.1. The number of hydrogen-bond donors (Lipinski definition) is 1. The number of unbranched alkanes of at least 4 members (excludes halogenated alkanes) is 7. The summed E-state index contributed by atoms with van der Waals surface area (Å²) in [6.07, 6.45) is 9.50. The van der Waals surface area contributed by atoms with E-state index in [4.69, 9.17) is 4.74 Å². The number of carboxylic acid groups (broad SMARTS) is 1. The van der Waals surface area contributed by atoms with Gasteiger partial charge < -0.3 is 9.84 Å². The van der Waals surface area contributed by atoms with Gasteiger partial charge in [0.15, 0.2) is 17.0 Å². The van der Waals surface area contributed by atoms with Gasteiger partial charge in [-0.3, -0.25) is 14.5 Å². The van der Waals surface area contributed by atoms with Gasteiger partial charge in [0.05, 0.1) is 6.10 Å². The van der Waals surface area contributed by atoms with Gasteiger partial charge in [-0.1, -0.05) is 64.0 Å². The molecule has 1 aromatic rings. The molecule has 0 spiro atoms. The lowest BCUT2D eigenvalue weighted by Gasteiger charge is -2.37. The van der Waals surface area contributed by atoms with Crippen molar-refractivity contribution in [3.63, 3.8) is 0 Å². The normalized spacial score (nSPS) is 16.1. The predicted octanol–water partition coefficient (Wildman–Crippen LogP) is 6.27. The molecule has 0 unspecified atom stereocenters. The van der Waals surface area contributed by atoms with Crippen LogP contribution < -0.4 is 0 Å². The Morgan fingerprint density at radius 2 is 1.50 bits per heavy atom. The van der Waals surface area contributed by atoms with E-state index in [-0.39, 0.29) is 24.9 Å². The van der Waals surface area contributed by atoms with E-state index in [2.05, 4.69) is 6.92 Å². The van der Waals surface area contributed by atoms with Crippen molar-refractivity contribution in [1.29, 1.82) is 0 Å². The number of ether oxygens (including phenoxy) is 1. The highest BCUT2D eigenvalue weighted by molar-refractivity contribution is 5.99. The van der Waals surface area contributed by atoms with Gasteiger partial charge in [0.25, 0.3) is 0 Å². The molecule has 1 aromatic carbocycles. The van der Waals surface area contributed by atoms with Crippen LogP contribution in [0.1, 0.15) is 96.1 Å². The summed E-state index contributed by atoms with van der Waals surface area (Å²) >= 11 is 0. The molecule has 34 heavy (non-hydrogen) atoms. The van der Waals surface area contributed by atoms with E-state index < -0.39 is 35.1 Å². The molecule has 0 radical (unpaired) electrons. The Kier molecular flexibility index (Phi) is 11.4. The highest BCUT2D eigenvalue weighted by Gasteiger charge is 2.50. The third kappa shape index (κ3) is 7.76. The molecule has 1 fully saturated rings. The van der Waals surface area contributed by atoms with Crippen LogP contribution in [-0.2, 0) is 27.3 Å². The third-order valence-electron chi connectivity index (χ3n) is 6.79. The van der Waals surface area contributed by atoms with Crippen LogP contribution in [0.4, 0.5) is 8.78 Å². The van der Waals surface area contributed by atoms with Gasteiger partial charge in [-0.15, -0.1) is 0 Å². The number of aryl methyl sites for hydroxylation is 1. The minimum absolute atomic E-state index is 0.0779. The van der Waals surface area contributed by atoms with Crippen LogP contribution in [0.2, 0.25) is 0 Å². The van der Waals surface area contributed by atoms with Gasteiger partial charge in [0.2, 0.25) is 0 Å². The number of rotatable bonds is 14. The largest absolute Gasteiger partial charge is 0.480 e. The first-order valence-corrected chi connectivity index (χ1v) is 12.8. The lowest BCUT2D eigenvalue weighted by atomic mass is 9.78. The van der Waals surface area contributed by atoms with Gasteiger partial charge in [-0.25, -0.2) is 8.78 Å². The first kappa shape index (κ1) is 28.2. The number of likely N-dealkylation sites (tertiary alicyclic amines) is 1. The summed E-state index contributed by atoms with van der Waals surface area (Å²) in [7, 11) is 0. The fourth-order valence-corrected chi connectivity index (χ4v) is 4.56. The maximum absolute atomic E-state index is 14.7. The van der Waals surface area contributed by atoms with Crippen molar-refractivity contribution in [3.8, 4) is 0 Å². The molecule has 0 aromatic heterocycles. The van der Waals surface area contributed by atoms with Gasteiger partial charge in [-0.05, 0) is 45.1 Å². The van der Waals surface area contributed by atoms with Crippen LogP contribution >= 0.6 is 0 Å². The molecule has 1 heterocycles. The van der Waals surface area contributed by atoms with Crippen molar-refractivity contribution in [1.82, 2.24) is 4.90 Å². The maximum atomic E-state index is 14.7. The Morgan fingerprint density at radius 1 is 0.971 bits per heavy atom. The number of nitrogens with zero attached hydrogens (tertiary/aromatic N) is 1. The van der Waals surface area contributed by atoms with Crippen molar-refractivity contribution in [2.45, 2.75) is 104 Å². The minimum Gasteiger partial charge on any atom is -0.480 e. The van der Waals surface area contributed by atoms with E-state index in [0.29, 0.717) is 25.1 Å². The molecule has 1 saturated heterocycles. The minimum atomic E-state index is -1.58. The molecule has 1 aliphatic rings. The number of carbonyl (C=O) groups is 2. The molecular weight excluding hydrogens is 440 g/mol. The maximum Gasteiger partial charge on any atom is 0.323 e. The lowest BCUT2D eigenvalue weighted by molar-refractivity contribution is -0.175. The van der Waals surface area contributed by atoms with Crippen LogP contribution in [-0.4, -0.2) is 41.1 Å². The smallest absolute Gasteiger partial charge is 0.323 e. The number of esters is 1. The summed E-state index contributed by atoms with van der Waals surface area (Å²) in [5.74, 6) is -3.53. The Labute approximate surface area is 202 Å². The third-order valence-corrected chi connectivity index (χ3v) is 6.79. The number of aliphatic carboxylic acids is 1. The first-order chi connectivity index (χ1) is 16.2. The highest BCUT2D eigenvalue weighted by atomic mass is 19.2. The van der Waals surface area contributed by atoms with E-state index in [9.17, 15) is 23.5 Å². The molecule has 0 aliphatic carbocycles. The van der Waals surface area contributed by atoms with Crippen LogP contribution in [0.3, 0.4) is 0 Å². The molecule has 0 amide bonds. The van der Waals surface area contributed by atoms with Crippen molar-refractivity contribution in [2.75, 3.05) is 13.1 Å². The zero-order valence-electron chi connectivity index (χ0n) is 21.0. The average Bonchev–Trinajstić information content (AvgIpc) is 2.79. The molecule has 0 saturated carbocycles. The Morgan fingerprint density at radius 3 is 2.06 bits per heavy atom. The SMILES string of the molecule is CCCCCCCCCCc1ccc(CN2CCC(C(=O)O)(C(=O)OC(C)C)CC2)c(F)c1F. The van der Waals surface area contributed by atoms with Gasteiger partial charge in [-0.2, -0.15) is 0 Å². The van der Waals surface area contributed by atoms with Crippen molar-refractivity contribution in [2.24, 2.45) is 5.41 Å². The van der Waals surface area contributed by atoms with Crippen LogP contribution in [0.25, 0.3) is 0 Å². The topological polar surface area (TPSA) is 66.8 Å². The molecule has 7 heteroatoms. The van der Waals surface area contributed by atoms with Gasteiger partial charge in [0.1, 0.15) is 0 Å². The second-order valence-corrected chi connectivity index (χ2v) is 9.85. The van der Waals surface area contributed by atoms with E-state index in [0.717, 1.165) is 19.3 Å². The molecule has 2 rings (SSSR count). The quantitative estimate of drug-likeness (QED) is 0.193. The fourth-order valence-electron chi connectivity index (χ4n) is 4.56. The van der Waals surface area contributed by atoms with Crippen molar-refractivity contribution < 1.29 is 28.2 Å². The molecule has 192 valence electrons. The van der Waals surface area contributed by atoms with E-state index in [1.165, 1.54) is 32.1 Å². The zero-order valence-corrected chi connectivity index (χ0v) is 21.0. The molecule has 5 nitrogen and oxygen atoms in total. The number of carboxylic acids is 1. The number of benzene rings is 1. The molecular formula is C27H41F2NO4. The van der Waals surface area contributed by atoms with Crippen LogP contribution in [0.15, 0.2) is 12.1 Å². The number of piperidine rings is 1. The number of halogens is 2. The average molecular weight is 482 g/mol. The standard InChI is InChI=1S/C27H41F2NO4/c1-4-5-6-7-8-9-10-11-12-21-13-14-22(24(29)23(21)28)19-30-17-15-27(16-18-30,25(31)32)26(33)34-20(2)3/h13-14,20H,4-12,15-19H2,1-3H3,(H,31,32).